The summed E-state index contributed by atoms with van der Waals surface area (Å²) < 4.78 is 1.06. The van der Waals surface area contributed by atoms with Crippen LogP contribution in [-0.2, 0) is 13.1 Å². The summed E-state index contributed by atoms with van der Waals surface area (Å²) in [6.45, 7) is 1.32. The monoisotopic (exact) mass is 402 g/mol. The molecule has 0 heterocycles. The van der Waals surface area contributed by atoms with Gasteiger partial charge >= 0.3 is 0 Å². The lowest BCUT2D eigenvalue weighted by atomic mass is 10.1. The van der Waals surface area contributed by atoms with Crippen LogP contribution in [0.3, 0.4) is 0 Å². The Bertz CT molecular complexity index is 741. The maximum Gasteiger partial charge on any atom is 0.253 e. The standard InChI is InChI=1S/C19H23BrN4O/c1-21-19(23-13-15-5-4-6-17(20)11-15)22-12-14-7-9-16(10-8-14)18(25)24(2)3/h4-11H,12-13H2,1-3H3,(H2,21,22,23). The zero-order valence-corrected chi connectivity index (χ0v) is 16.3. The Balaban J connectivity index is 1.87. The van der Waals surface area contributed by atoms with E-state index in [1.165, 1.54) is 5.56 Å². The highest BCUT2D eigenvalue weighted by molar-refractivity contribution is 9.10. The molecule has 0 aliphatic carbocycles. The first-order valence-corrected chi connectivity index (χ1v) is 8.78. The number of hydrogen-bond acceptors (Lipinski definition) is 2. The van der Waals surface area contributed by atoms with Gasteiger partial charge in [-0.25, -0.2) is 0 Å². The molecule has 0 aliphatic heterocycles. The van der Waals surface area contributed by atoms with Crippen molar-refractivity contribution in [3.8, 4) is 0 Å². The summed E-state index contributed by atoms with van der Waals surface area (Å²) in [6, 6.07) is 15.7. The van der Waals surface area contributed by atoms with Crippen molar-refractivity contribution >= 4 is 27.8 Å². The van der Waals surface area contributed by atoms with Crippen molar-refractivity contribution in [1.82, 2.24) is 15.5 Å². The van der Waals surface area contributed by atoms with E-state index in [9.17, 15) is 4.79 Å². The summed E-state index contributed by atoms with van der Waals surface area (Å²) in [6.07, 6.45) is 0. The molecule has 0 aliphatic rings. The Morgan fingerprint density at radius 3 is 2.24 bits per heavy atom. The average Bonchev–Trinajstić information content (AvgIpc) is 2.61. The van der Waals surface area contributed by atoms with Crippen molar-refractivity contribution in [2.24, 2.45) is 4.99 Å². The van der Waals surface area contributed by atoms with Gasteiger partial charge in [0, 0.05) is 44.3 Å². The molecule has 0 atom stereocenters. The zero-order valence-electron chi connectivity index (χ0n) is 14.7. The number of guanidine groups is 1. The van der Waals surface area contributed by atoms with E-state index in [2.05, 4.69) is 43.7 Å². The maximum absolute atomic E-state index is 11.9. The van der Waals surface area contributed by atoms with Gasteiger partial charge < -0.3 is 15.5 Å². The van der Waals surface area contributed by atoms with Gasteiger partial charge in [0.25, 0.3) is 5.91 Å². The van der Waals surface area contributed by atoms with Crippen LogP contribution in [0.5, 0.6) is 0 Å². The van der Waals surface area contributed by atoms with E-state index >= 15 is 0 Å². The van der Waals surface area contributed by atoms with Crippen molar-refractivity contribution in [2.45, 2.75) is 13.1 Å². The lowest BCUT2D eigenvalue weighted by molar-refractivity contribution is 0.0827. The van der Waals surface area contributed by atoms with Crippen LogP contribution < -0.4 is 10.6 Å². The van der Waals surface area contributed by atoms with Gasteiger partial charge in [0.15, 0.2) is 5.96 Å². The summed E-state index contributed by atoms with van der Waals surface area (Å²) >= 11 is 3.47. The van der Waals surface area contributed by atoms with Crippen molar-refractivity contribution in [3.63, 3.8) is 0 Å². The fraction of sp³-hybridized carbons (Fsp3) is 0.263. The zero-order chi connectivity index (χ0) is 18.2. The van der Waals surface area contributed by atoms with Crippen LogP contribution in [0.4, 0.5) is 0 Å². The minimum Gasteiger partial charge on any atom is -0.352 e. The molecule has 6 heteroatoms. The lowest BCUT2D eigenvalue weighted by Crippen LogP contribution is -2.36. The summed E-state index contributed by atoms with van der Waals surface area (Å²) in [5, 5.41) is 6.56. The second-order valence-corrected chi connectivity index (χ2v) is 6.72. The van der Waals surface area contributed by atoms with Crippen LogP contribution in [0.25, 0.3) is 0 Å². The van der Waals surface area contributed by atoms with Crippen molar-refractivity contribution in [2.75, 3.05) is 21.1 Å². The SMILES string of the molecule is CN=C(NCc1ccc(C(=O)N(C)C)cc1)NCc1cccc(Br)c1. The second kappa shape index (κ2) is 9.22. The Hall–Kier alpha value is -2.34. The van der Waals surface area contributed by atoms with Crippen molar-refractivity contribution < 1.29 is 4.79 Å². The molecular weight excluding hydrogens is 380 g/mol. The van der Waals surface area contributed by atoms with Crippen molar-refractivity contribution in [1.29, 1.82) is 0 Å². The Labute approximate surface area is 157 Å². The Kier molecular flexibility index (Phi) is 7.01. The van der Waals surface area contributed by atoms with Crippen LogP contribution in [0.15, 0.2) is 58.0 Å². The largest absolute Gasteiger partial charge is 0.352 e. The van der Waals surface area contributed by atoms with E-state index in [1.54, 1.807) is 26.0 Å². The third-order valence-corrected chi connectivity index (χ3v) is 4.13. The van der Waals surface area contributed by atoms with Gasteiger partial charge in [-0.15, -0.1) is 0 Å². The Morgan fingerprint density at radius 2 is 1.68 bits per heavy atom. The van der Waals surface area contributed by atoms with E-state index in [1.807, 2.05) is 36.4 Å². The smallest absolute Gasteiger partial charge is 0.253 e. The molecule has 0 unspecified atom stereocenters. The number of nitrogens with zero attached hydrogens (tertiary/aromatic N) is 2. The van der Waals surface area contributed by atoms with Gasteiger partial charge in [-0.1, -0.05) is 40.2 Å². The number of halogens is 1. The molecular formula is C19H23BrN4O. The number of amides is 1. The molecule has 5 nitrogen and oxygen atoms in total. The molecule has 0 saturated heterocycles. The molecule has 0 saturated carbocycles. The fourth-order valence-electron chi connectivity index (χ4n) is 2.26. The van der Waals surface area contributed by atoms with Crippen molar-refractivity contribution in [3.05, 3.63) is 69.7 Å². The normalized spacial score (nSPS) is 11.1. The van der Waals surface area contributed by atoms with Crippen LogP contribution in [-0.4, -0.2) is 37.9 Å². The maximum atomic E-state index is 11.9. The van der Waals surface area contributed by atoms with Crippen LogP contribution >= 0.6 is 15.9 Å². The van der Waals surface area contributed by atoms with E-state index < -0.39 is 0 Å². The van der Waals surface area contributed by atoms with Crippen LogP contribution in [0, 0.1) is 0 Å². The number of aliphatic imine (C=N–C) groups is 1. The highest BCUT2D eigenvalue weighted by atomic mass is 79.9. The second-order valence-electron chi connectivity index (χ2n) is 5.81. The van der Waals surface area contributed by atoms with Gasteiger partial charge in [-0.05, 0) is 35.4 Å². The first-order valence-electron chi connectivity index (χ1n) is 7.99. The highest BCUT2D eigenvalue weighted by Gasteiger charge is 2.07. The molecule has 0 spiro atoms. The van der Waals surface area contributed by atoms with Gasteiger partial charge in [0.1, 0.15) is 0 Å². The predicted molar refractivity (Wildman–Crippen MR) is 106 cm³/mol. The molecule has 0 aromatic heterocycles. The first kappa shape index (κ1) is 19.0. The summed E-state index contributed by atoms with van der Waals surface area (Å²) in [4.78, 5) is 17.7. The average molecular weight is 403 g/mol. The Morgan fingerprint density at radius 1 is 1.04 bits per heavy atom. The van der Waals surface area contributed by atoms with E-state index in [0.717, 1.165) is 16.0 Å². The third-order valence-electron chi connectivity index (χ3n) is 3.64. The predicted octanol–water partition coefficient (Wildman–Crippen LogP) is 3.02. The molecule has 0 radical (unpaired) electrons. The fourth-order valence-corrected chi connectivity index (χ4v) is 2.71. The summed E-state index contributed by atoms with van der Waals surface area (Å²) in [5.41, 5.74) is 2.94. The lowest BCUT2D eigenvalue weighted by Gasteiger charge is -2.13. The third kappa shape index (κ3) is 5.90. The highest BCUT2D eigenvalue weighted by Crippen LogP contribution is 2.11. The van der Waals surface area contributed by atoms with Crippen LogP contribution in [0.1, 0.15) is 21.5 Å². The van der Waals surface area contributed by atoms with Crippen LogP contribution in [0.2, 0.25) is 0 Å². The molecule has 2 aromatic rings. The van der Waals surface area contributed by atoms with E-state index in [4.69, 9.17) is 0 Å². The first-order chi connectivity index (χ1) is 12.0. The number of nitrogens with one attached hydrogen (secondary N) is 2. The molecule has 132 valence electrons. The molecule has 2 aromatic carbocycles. The molecule has 0 fully saturated rings. The molecule has 0 bridgehead atoms. The minimum absolute atomic E-state index is 0.00556. The summed E-state index contributed by atoms with van der Waals surface area (Å²) in [7, 11) is 5.24. The number of hydrogen-bond donors (Lipinski definition) is 2. The number of rotatable bonds is 5. The van der Waals surface area contributed by atoms with E-state index in [0.29, 0.717) is 18.7 Å². The van der Waals surface area contributed by atoms with Gasteiger partial charge in [-0.3, -0.25) is 9.79 Å². The number of benzene rings is 2. The number of carbonyl (C=O) groups excluding carboxylic acids is 1. The minimum atomic E-state index is 0.00556. The molecule has 2 N–H and O–H groups in total. The quantitative estimate of drug-likeness (QED) is 0.596. The number of carbonyl (C=O) groups is 1. The molecule has 2 rings (SSSR count). The van der Waals surface area contributed by atoms with Gasteiger partial charge in [-0.2, -0.15) is 0 Å². The summed E-state index contributed by atoms with van der Waals surface area (Å²) in [5.74, 6) is 0.736. The molecule has 1 amide bonds. The van der Waals surface area contributed by atoms with Gasteiger partial charge in [0.2, 0.25) is 0 Å². The topological polar surface area (TPSA) is 56.7 Å². The van der Waals surface area contributed by atoms with Gasteiger partial charge in [0.05, 0.1) is 0 Å². The molecule has 25 heavy (non-hydrogen) atoms. The van der Waals surface area contributed by atoms with E-state index in [-0.39, 0.29) is 5.91 Å².